The summed E-state index contributed by atoms with van der Waals surface area (Å²) in [6.45, 7) is 1.31. The molecule has 1 aromatic carbocycles. The lowest BCUT2D eigenvalue weighted by molar-refractivity contribution is -0.145. The van der Waals surface area contributed by atoms with Crippen LogP contribution in [-0.2, 0) is 27.2 Å². The molecule has 1 aromatic rings. The molecular weight excluding hydrogens is 352 g/mol. The molecule has 2 amide bonds. The maximum atomic E-state index is 12.9. The summed E-state index contributed by atoms with van der Waals surface area (Å²) in [6.07, 6.45) is 8.82. The molecule has 0 bridgehead atoms. The standard InChI is InChI=1S/C23H30N2O3/c26-16-20-7-3-13-24(20)23(28)21-8-4-14-25(21)22(27)12-10-17-9-11-18-5-1-2-6-19(18)15-17/h1-2,5-6,16-17,20-21H,3-4,7-15H2/t17-,20+,21+/m1/s1. The van der Waals surface area contributed by atoms with Crippen molar-refractivity contribution in [1.82, 2.24) is 9.80 Å². The molecule has 3 atom stereocenters. The highest BCUT2D eigenvalue weighted by atomic mass is 16.2. The third kappa shape index (κ3) is 3.85. The van der Waals surface area contributed by atoms with Crippen molar-refractivity contribution in [3.63, 3.8) is 0 Å². The van der Waals surface area contributed by atoms with Crippen molar-refractivity contribution in [2.75, 3.05) is 13.1 Å². The zero-order valence-electron chi connectivity index (χ0n) is 16.5. The molecule has 4 rings (SSSR count). The minimum absolute atomic E-state index is 0.0213. The molecule has 0 N–H and O–H groups in total. The molecule has 2 heterocycles. The Hall–Kier alpha value is -2.17. The maximum Gasteiger partial charge on any atom is 0.245 e. The van der Waals surface area contributed by atoms with Gasteiger partial charge < -0.3 is 14.6 Å². The molecule has 5 nitrogen and oxygen atoms in total. The van der Waals surface area contributed by atoms with Crippen LogP contribution in [0.15, 0.2) is 24.3 Å². The number of carbonyl (C=O) groups excluding carboxylic acids is 3. The zero-order chi connectivity index (χ0) is 19.5. The molecular formula is C23H30N2O3. The Balaban J connectivity index is 1.33. The molecule has 28 heavy (non-hydrogen) atoms. The van der Waals surface area contributed by atoms with Gasteiger partial charge in [-0.05, 0) is 68.4 Å². The second-order valence-electron chi connectivity index (χ2n) is 8.54. The summed E-state index contributed by atoms with van der Waals surface area (Å²) in [4.78, 5) is 40.6. The Morgan fingerprint density at radius 1 is 1.00 bits per heavy atom. The fraction of sp³-hybridized carbons (Fsp3) is 0.609. The van der Waals surface area contributed by atoms with E-state index in [1.54, 1.807) is 9.80 Å². The van der Waals surface area contributed by atoms with Gasteiger partial charge in [0.05, 0.1) is 6.04 Å². The Morgan fingerprint density at radius 2 is 1.75 bits per heavy atom. The molecule has 0 saturated carbocycles. The van der Waals surface area contributed by atoms with Gasteiger partial charge in [0.1, 0.15) is 12.3 Å². The smallest absolute Gasteiger partial charge is 0.245 e. The van der Waals surface area contributed by atoms with E-state index < -0.39 is 0 Å². The van der Waals surface area contributed by atoms with E-state index in [9.17, 15) is 14.4 Å². The molecule has 3 aliphatic rings. The summed E-state index contributed by atoms with van der Waals surface area (Å²) in [7, 11) is 0. The molecule has 150 valence electrons. The van der Waals surface area contributed by atoms with E-state index in [0.717, 1.165) is 57.7 Å². The van der Waals surface area contributed by atoms with Crippen LogP contribution in [0.2, 0.25) is 0 Å². The lowest BCUT2D eigenvalue weighted by atomic mass is 9.81. The summed E-state index contributed by atoms with van der Waals surface area (Å²) in [6, 6.07) is 7.95. The van der Waals surface area contributed by atoms with Gasteiger partial charge in [-0.1, -0.05) is 24.3 Å². The van der Waals surface area contributed by atoms with Gasteiger partial charge in [-0.25, -0.2) is 0 Å². The largest absolute Gasteiger partial charge is 0.331 e. The topological polar surface area (TPSA) is 57.7 Å². The van der Waals surface area contributed by atoms with E-state index >= 15 is 0 Å². The molecule has 0 spiro atoms. The Kier molecular flexibility index (Phi) is 5.79. The third-order valence-corrected chi connectivity index (χ3v) is 6.81. The number of rotatable bonds is 5. The number of hydrogen-bond donors (Lipinski definition) is 0. The van der Waals surface area contributed by atoms with E-state index in [1.165, 1.54) is 11.1 Å². The molecule has 2 fully saturated rings. The van der Waals surface area contributed by atoms with Crippen molar-refractivity contribution >= 4 is 18.1 Å². The Labute approximate surface area is 167 Å². The van der Waals surface area contributed by atoms with Crippen LogP contribution in [0.3, 0.4) is 0 Å². The zero-order valence-corrected chi connectivity index (χ0v) is 16.5. The van der Waals surface area contributed by atoms with Gasteiger partial charge in [-0.2, -0.15) is 0 Å². The minimum Gasteiger partial charge on any atom is -0.331 e. The van der Waals surface area contributed by atoms with Gasteiger partial charge in [0.25, 0.3) is 0 Å². The van der Waals surface area contributed by atoms with Crippen molar-refractivity contribution in [1.29, 1.82) is 0 Å². The summed E-state index contributed by atoms with van der Waals surface area (Å²) in [5.41, 5.74) is 2.87. The number of amides is 2. The van der Waals surface area contributed by atoms with Crippen molar-refractivity contribution in [2.24, 2.45) is 5.92 Å². The molecule has 2 saturated heterocycles. The first-order chi connectivity index (χ1) is 13.7. The summed E-state index contributed by atoms with van der Waals surface area (Å²) >= 11 is 0. The van der Waals surface area contributed by atoms with Gasteiger partial charge in [0.15, 0.2) is 0 Å². The Bertz CT molecular complexity index is 747. The van der Waals surface area contributed by atoms with Gasteiger partial charge in [0, 0.05) is 19.5 Å². The molecule has 2 aliphatic heterocycles. The average molecular weight is 383 g/mol. The first-order valence-corrected chi connectivity index (χ1v) is 10.8. The van der Waals surface area contributed by atoms with Gasteiger partial charge in [-0.15, -0.1) is 0 Å². The molecule has 5 heteroatoms. The quantitative estimate of drug-likeness (QED) is 0.736. The minimum atomic E-state index is -0.361. The van der Waals surface area contributed by atoms with Gasteiger partial charge in [0.2, 0.25) is 11.8 Å². The number of hydrogen-bond acceptors (Lipinski definition) is 3. The van der Waals surface area contributed by atoms with Crippen LogP contribution in [0.4, 0.5) is 0 Å². The number of aryl methyl sites for hydroxylation is 1. The van der Waals surface area contributed by atoms with Gasteiger partial charge in [-0.3, -0.25) is 9.59 Å². The van der Waals surface area contributed by atoms with Crippen LogP contribution in [0, 0.1) is 5.92 Å². The second-order valence-corrected chi connectivity index (χ2v) is 8.54. The van der Waals surface area contributed by atoms with Crippen molar-refractivity contribution in [3.05, 3.63) is 35.4 Å². The number of fused-ring (bicyclic) bond motifs is 1. The fourth-order valence-electron chi connectivity index (χ4n) is 5.21. The molecule has 1 aliphatic carbocycles. The van der Waals surface area contributed by atoms with Crippen LogP contribution in [0.1, 0.15) is 56.1 Å². The van der Waals surface area contributed by atoms with Gasteiger partial charge >= 0.3 is 0 Å². The second kappa shape index (κ2) is 8.46. The van der Waals surface area contributed by atoms with Crippen LogP contribution >= 0.6 is 0 Å². The van der Waals surface area contributed by atoms with Crippen LogP contribution in [0.5, 0.6) is 0 Å². The van der Waals surface area contributed by atoms with Crippen molar-refractivity contribution in [2.45, 2.75) is 69.9 Å². The molecule has 0 unspecified atom stereocenters. The fourth-order valence-corrected chi connectivity index (χ4v) is 5.21. The van der Waals surface area contributed by atoms with Crippen LogP contribution in [0.25, 0.3) is 0 Å². The van der Waals surface area contributed by atoms with E-state index in [0.29, 0.717) is 25.4 Å². The van der Waals surface area contributed by atoms with Crippen molar-refractivity contribution in [3.8, 4) is 0 Å². The number of benzene rings is 1. The van der Waals surface area contributed by atoms with E-state index in [4.69, 9.17) is 0 Å². The number of likely N-dealkylation sites (tertiary alicyclic amines) is 2. The summed E-state index contributed by atoms with van der Waals surface area (Å²) in [5.74, 6) is 0.636. The Morgan fingerprint density at radius 3 is 2.57 bits per heavy atom. The summed E-state index contributed by atoms with van der Waals surface area (Å²) in [5, 5.41) is 0. The predicted molar refractivity (Wildman–Crippen MR) is 107 cm³/mol. The number of carbonyl (C=O) groups is 3. The highest BCUT2D eigenvalue weighted by Gasteiger charge is 2.39. The average Bonchev–Trinajstić information content (AvgIpc) is 3.40. The lowest BCUT2D eigenvalue weighted by Crippen LogP contribution is -2.49. The highest BCUT2D eigenvalue weighted by molar-refractivity contribution is 5.90. The normalized spacial score (nSPS) is 26.9. The van der Waals surface area contributed by atoms with Crippen LogP contribution < -0.4 is 0 Å². The number of nitrogens with zero attached hydrogens (tertiary/aromatic N) is 2. The summed E-state index contributed by atoms with van der Waals surface area (Å²) < 4.78 is 0. The predicted octanol–water partition coefficient (Wildman–Crippen LogP) is 2.75. The maximum absolute atomic E-state index is 12.9. The monoisotopic (exact) mass is 382 g/mol. The van der Waals surface area contributed by atoms with E-state index in [-0.39, 0.29) is 23.9 Å². The SMILES string of the molecule is O=C[C@@H]1CCCN1C(=O)[C@@H]1CCCN1C(=O)CC[C@H]1CCc2ccccc2C1. The van der Waals surface area contributed by atoms with Crippen LogP contribution in [-0.4, -0.2) is 53.1 Å². The van der Waals surface area contributed by atoms with E-state index in [2.05, 4.69) is 24.3 Å². The first kappa shape index (κ1) is 19.2. The molecule has 0 aromatic heterocycles. The highest BCUT2D eigenvalue weighted by Crippen LogP contribution is 2.30. The van der Waals surface area contributed by atoms with E-state index in [1.807, 2.05) is 0 Å². The molecule has 0 radical (unpaired) electrons. The lowest BCUT2D eigenvalue weighted by Gasteiger charge is -2.30. The van der Waals surface area contributed by atoms with Crippen molar-refractivity contribution < 1.29 is 14.4 Å². The third-order valence-electron chi connectivity index (χ3n) is 6.81. The number of aldehydes is 1. The first-order valence-electron chi connectivity index (χ1n) is 10.8.